The minimum atomic E-state index is -3.58. The monoisotopic (exact) mass is 598 g/mol. The number of anilines is 5. The van der Waals surface area contributed by atoms with Gasteiger partial charge in [0.15, 0.2) is 15.7 Å². The van der Waals surface area contributed by atoms with Gasteiger partial charge in [-0.25, -0.2) is 13.4 Å². The number of hydrogen-bond acceptors (Lipinski definition) is 9. The molecule has 1 amide bonds. The van der Waals surface area contributed by atoms with Crippen LogP contribution in [0.1, 0.15) is 45.1 Å². The maximum Gasteiger partial charge on any atom is 0.247 e. The number of phenolic OH excluding ortho intramolecular Hbond substituents is 1. The van der Waals surface area contributed by atoms with Crippen molar-refractivity contribution < 1.29 is 18.3 Å². The van der Waals surface area contributed by atoms with Crippen molar-refractivity contribution in [2.24, 2.45) is 0 Å². The Morgan fingerprint density at radius 2 is 1.88 bits per heavy atom. The highest BCUT2D eigenvalue weighted by Crippen LogP contribution is 2.40. The van der Waals surface area contributed by atoms with Gasteiger partial charge in [0.05, 0.1) is 27.7 Å². The molecule has 2 aromatic carbocycles. The summed E-state index contributed by atoms with van der Waals surface area (Å²) in [5.41, 5.74) is 2.00. The molecule has 1 aliphatic heterocycles. The number of carbonyl (C=O) groups excluding carboxylic acids is 1. The number of likely N-dealkylation sites (tertiary alicyclic amines) is 1. The molecule has 1 saturated heterocycles. The van der Waals surface area contributed by atoms with E-state index in [-0.39, 0.29) is 44.9 Å². The lowest BCUT2D eigenvalue weighted by Gasteiger charge is -2.32. The maximum atomic E-state index is 12.9. The number of nitrogens with zero attached hydrogens (tertiary/aromatic N) is 3. The minimum Gasteiger partial charge on any atom is -0.506 e. The summed E-state index contributed by atoms with van der Waals surface area (Å²) in [5, 5.41) is 19.4. The topological polar surface area (TPSA) is 137 Å². The van der Waals surface area contributed by atoms with Crippen LogP contribution in [0, 0.1) is 0 Å². The molecule has 0 atom stereocenters. The zero-order valence-electron chi connectivity index (χ0n) is 23.3. The summed E-state index contributed by atoms with van der Waals surface area (Å²) < 4.78 is 25.8. The third-order valence-corrected chi connectivity index (χ3v) is 9.63. The molecule has 4 rings (SSSR count). The number of rotatable bonds is 10. The van der Waals surface area contributed by atoms with Gasteiger partial charge in [0.2, 0.25) is 11.9 Å². The Labute approximate surface area is 245 Å². The van der Waals surface area contributed by atoms with Gasteiger partial charge in [0.1, 0.15) is 10.8 Å². The Hall–Kier alpha value is -3.67. The third-order valence-electron chi connectivity index (χ3n) is 7.14. The normalized spacial score (nSPS) is 14.6. The Balaban J connectivity index is 1.64. The van der Waals surface area contributed by atoms with Crippen molar-refractivity contribution >= 4 is 56.2 Å². The van der Waals surface area contributed by atoms with Crippen LogP contribution in [0.3, 0.4) is 0 Å². The zero-order valence-corrected chi connectivity index (χ0v) is 24.9. The van der Waals surface area contributed by atoms with Crippen molar-refractivity contribution in [3.8, 4) is 5.75 Å². The van der Waals surface area contributed by atoms with Crippen LogP contribution in [0.15, 0.2) is 60.1 Å². The average Bonchev–Trinajstić information content (AvgIpc) is 2.96. The van der Waals surface area contributed by atoms with Crippen molar-refractivity contribution in [1.29, 1.82) is 0 Å². The Kier molecular flexibility index (Phi) is 9.52. The number of para-hydroxylation sites is 1. The van der Waals surface area contributed by atoms with E-state index in [9.17, 15) is 18.3 Å². The first-order chi connectivity index (χ1) is 19.5. The van der Waals surface area contributed by atoms with Crippen molar-refractivity contribution in [3.63, 3.8) is 0 Å². The predicted octanol–water partition coefficient (Wildman–Crippen LogP) is 5.83. The second kappa shape index (κ2) is 12.9. The number of hydrogen-bond donors (Lipinski definition) is 4. The molecule has 0 bridgehead atoms. The largest absolute Gasteiger partial charge is 0.506 e. The van der Waals surface area contributed by atoms with Gasteiger partial charge in [-0.05, 0) is 88.1 Å². The zero-order chi connectivity index (χ0) is 29.7. The summed E-state index contributed by atoms with van der Waals surface area (Å²) in [5.74, 6) is 0.0488. The molecule has 0 spiro atoms. The molecule has 3 aromatic rings. The molecule has 1 aliphatic rings. The molecule has 0 aliphatic carbocycles. The molecule has 41 heavy (non-hydrogen) atoms. The smallest absolute Gasteiger partial charge is 0.247 e. The van der Waals surface area contributed by atoms with Crippen LogP contribution in [-0.2, 0) is 14.6 Å². The number of nitrogens with one attached hydrogen (secondary N) is 3. The minimum absolute atomic E-state index is 0.0315. The molecule has 218 valence electrons. The Morgan fingerprint density at radius 3 is 2.54 bits per heavy atom. The second-order valence-corrected chi connectivity index (χ2v) is 13.0. The number of amides is 1. The number of aromatic nitrogens is 2. The number of carbonyl (C=O) groups is 1. The molecule has 10 nitrogen and oxygen atoms in total. The molecular weight excluding hydrogens is 564 g/mol. The summed E-state index contributed by atoms with van der Waals surface area (Å²) in [6.07, 6.45) is 4.37. The van der Waals surface area contributed by atoms with Gasteiger partial charge in [-0.15, -0.1) is 0 Å². The first kappa shape index (κ1) is 30.3. The highest BCUT2D eigenvalue weighted by Gasteiger charge is 2.25. The molecule has 12 heteroatoms. The third kappa shape index (κ3) is 6.98. The SMILES string of the molecule is C=CC(=O)Nc1cc(Nc2ncc(Cl)c(Nc3ccccc3S(=O)(=O)C(C)C)n2)c(O)cc1C1CCN(CC)CC1. The summed E-state index contributed by atoms with van der Waals surface area (Å²) >= 11 is 6.36. The fraction of sp³-hybridized carbons (Fsp3) is 0.345. The summed E-state index contributed by atoms with van der Waals surface area (Å²) in [6, 6.07) is 9.82. The summed E-state index contributed by atoms with van der Waals surface area (Å²) in [6.45, 7) is 11.8. The lowest BCUT2D eigenvalue weighted by molar-refractivity contribution is -0.111. The lowest BCUT2D eigenvalue weighted by Crippen LogP contribution is -2.32. The van der Waals surface area contributed by atoms with E-state index >= 15 is 0 Å². The first-order valence-electron chi connectivity index (χ1n) is 13.5. The van der Waals surface area contributed by atoms with Crippen LogP contribution >= 0.6 is 11.6 Å². The van der Waals surface area contributed by atoms with Gasteiger partial charge in [-0.1, -0.05) is 37.2 Å². The van der Waals surface area contributed by atoms with E-state index in [1.54, 1.807) is 44.2 Å². The van der Waals surface area contributed by atoms with Gasteiger partial charge >= 0.3 is 0 Å². The lowest BCUT2D eigenvalue weighted by atomic mass is 9.87. The molecule has 1 aromatic heterocycles. The van der Waals surface area contributed by atoms with Crippen molar-refractivity contribution in [1.82, 2.24) is 14.9 Å². The Morgan fingerprint density at radius 1 is 1.17 bits per heavy atom. The Bertz CT molecular complexity index is 1540. The molecule has 0 radical (unpaired) electrons. The molecule has 0 unspecified atom stereocenters. The highest BCUT2D eigenvalue weighted by atomic mass is 35.5. The number of benzene rings is 2. The van der Waals surface area contributed by atoms with E-state index in [1.165, 1.54) is 18.3 Å². The van der Waals surface area contributed by atoms with E-state index < -0.39 is 15.1 Å². The van der Waals surface area contributed by atoms with E-state index in [0.29, 0.717) is 11.4 Å². The number of aromatic hydroxyl groups is 1. The van der Waals surface area contributed by atoms with E-state index in [0.717, 1.165) is 38.0 Å². The van der Waals surface area contributed by atoms with Crippen LogP contribution in [0.2, 0.25) is 5.02 Å². The van der Waals surface area contributed by atoms with E-state index in [1.807, 2.05) is 0 Å². The number of sulfone groups is 1. The van der Waals surface area contributed by atoms with E-state index in [2.05, 4.69) is 44.3 Å². The molecule has 2 heterocycles. The second-order valence-electron chi connectivity index (χ2n) is 10.1. The van der Waals surface area contributed by atoms with Gasteiger partial charge < -0.3 is 26.0 Å². The highest BCUT2D eigenvalue weighted by molar-refractivity contribution is 7.92. The van der Waals surface area contributed by atoms with Crippen molar-refractivity contribution in [2.75, 3.05) is 35.6 Å². The number of phenols is 1. The van der Waals surface area contributed by atoms with Gasteiger partial charge in [-0.3, -0.25) is 4.79 Å². The number of piperidine rings is 1. The van der Waals surface area contributed by atoms with Crippen LogP contribution in [-0.4, -0.2) is 59.2 Å². The molecule has 0 saturated carbocycles. The van der Waals surface area contributed by atoms with Crippen LogP contribution in [0.25, 0.3) is 0 Å². The van der Waals surface area contributed by atoms with Crippen LogP contribution < -0.4 is 16.0 Å². The van der Waals surface area contributed by atoms with Crippen LogP contribution in [0.5, 0.6) is 5.75 Å². The van der Waals surface area contributed by atoms with Gasteiger partial charge in [-0.2, -0.15) is 4.98 Å². The van der Waals surface area contributed by atoms with Crippen molar-refractivity contribution in [3.05, 3.63) is 65.8 Å². The first-order valence-corrected chi connectivity index (χ1v) is 15.4. The van der Waals surface area contributed by atoms with Crippen LogP contribution in [0.4, 0.5) is 28.8 Å². The predicted molar refractivity (Wildman–Crippen MR) is 163 cm³/mol. The number of halogens is 1. The fourth-order valence-electron chi connectivity index (χ4n) is 4.73. The maximum absolute atomic E-state index is 12.9. The average molecular weight is 599 g/mol. The van der Waals surface area contributed by atoms with Gasteiger partial charge in [0, 0.05) is 5.69 Å². The molecule has 1 fully saturated rings. The summed E-state index contributed by atoms with van der Waals surface area (Å²) in [4.78, 5) is 23.4. The molecule has 4 N–H and O–H groups in total. The summed E-state index contributed by atoms with van der Waals surface area (Å²) in [7, 11) is -3.58. The quantitative estimate of drug-likeness (QED) is 0.129. The van der Waals surface area contributed by atoms with E-state index in [4.69, 9.17) is 11.6 Å². The van der Waals surface area contributed by atoms with Gasteiger partial charge in [0.25, 0.3) is 0 Å². The van der Waals surface area contributed by atoms with Crippen molar-refractivity contribution in [2.45, 2.75) is 49.7 Å². The standard InChI is InChI=1S/C29H35ClN6O4S/c1-5-27(38)32-23-16-24(25(37)15-20(23)19-11-13-36(6-2)14-12-19)34-29-31-17-21(30)28(35-29)33-22-9-7-8-10-26(22)41(39,40)18(3)4/h5,7-10,15-19,37H,1,6,11-14H2,2-4H3,(H,32,38)(H2,31,33,34,35). The fourth-order valence-corrected chi connectivity index (χ4v) is 6.07. The molecular formula is C29H35ClN6O4S.